The highest BCUT2D eigenvalue weighted by molar-refractivity contribution is 6.31. The number of aliphatic hydroxyl groups excluding tert-OH is 1. The van der Waals surface area contributed by atoms with Gasteiger partial charge in [-0.05, 0) is 37.6 Å². The van der Waals surface area contributed by atoms with E-state index in [0.29, 0.717) is 53.2 Å². The number of rotatable bonds is 7. The zero-order chi connectivity index (χ0) is 24.1. The Bertz CT molecular complexity index is 1180. The van der Waals surface area contributed by atoms with Gasteiger partial charge >= 0.3 is 5.97 Å². The largest absolute Gasteiger partial charge is 0.462 e. The van der Waals surface area contributed by atoms with E-state index < -0.39 is 5.97 Å². The van der Waals surface area contributed by atoms with Crippen LogP contribution in [0.4, 0.5) is 17.5 Å². The minimum absolute atomic E-state index is 0.0935. The van der Waals surface area contributed by atoms with E-state index in [1.54, 1.807) is 25.4 Å². The van der Waals surface area contributed by atoms with Crippen LogP contribution < -0.4 is 10.2 Å². The summed E-state index contributed by atoms with van der Waals surface area (Å²) in [6.45, 7) is 5.36. The van der Waals surface area contributed by atoms with Gasteiger partial charge in [-0.25, -0.2) is 9.78 Å². The quantitative estimate of drug-likeness (QED) is 0.487. The number of aliphatic hydroxyl groups is 1. The number of morpholine rings is 1. The second kappa shape index (κ2) is 10.8. The maximum atomic E-state index is 12.2. The number of pyridine rings is 1. The first-order valence-corrected chi connectivity index (χ1v) is 11.4. The Labute approximate surface area is 202 Å². The summed E-state index contributed by atoms with van der Waals surface area (Å²) < 4.78 is 10.7. The first-order valence-electron chi connectivity index (χ1n) is 11.0. The summed E-state index contributed by atoms with van der Waals surface area (Å²) in [5.41, 5.74) is 3.45. The van der Waals surface area contributed by atoms with Crippen LogP contribution in [0.15, 0.2) is 42.9 Å². The van der Waals surface area contributed by atoms with Crippen LogP contribution in [-0.4, -0.2) is 65.0 Å². The molecular formula is C24H26ClN5O4. The third-order valence-electron chi connectivity index (χ3n) is 5.40. The number of ether oxygens (including phenoxy) is 2. The summed E-state index contributed by atoms with van der Waals surface area (Å²) in [6.07, 6.45) is 4.49. The van der Waals surface area contributed by atoms with E-state index in [4.69, 9.17) is 26.1 Å². The molecule has 0 saturated carbocycles. The molecule has 0 amide bonds. The van der Waals surface area contributed by atoms with Crippen LogP contribution in [0.1, 0.15) is 22.8 Å². The van der Waals surface area contributed by atoms with Gasteiger partial charge in [-0.15, -0.1) is 0 Å². The summed E-state index contributed by atoms with van der Waals surface area (Å²) in [4.78, 5) is 27.8. The molecule has 1 aliphatic rings. The van der Waals surface area contributed by atoms with E-state index in [1.807, 2.05) is 30.0 Å². The van der Waals surface area contributed by atoms with Crippen molar-refractivity contribution in [2.75, 3.05) is 43.1 Å². The van der Waals surface area contributed by atoms with Crippen molar-refractivity contribution in [3.63, 3.8) is 0 Å². The van der Waals surface area contributed by atoms with Crippen molar-refractivity contribution in [3.05, 3.63) is 59.0 Å². The number of anilines is 3. The zero-order valence-electron chi connectivity index (χ0n) is 19.0. The van der Waals surface area contributed by atoms with Crippen molar-refractivity contribution in [2.45, 2.75) is 20.0 Å². The number of nitrogens with one attached hydrogen (secondary N) is 1. The molecule has 2 aromatic heterocycles. The topological polar surface area (TPSA) is 110 Å². The van der Waals surface area contributed by atoms with Gasteiger partial charge in [0.05, 0.1) is 31.5 Å². The SMILES string of the molecule is CCOC(=O)c1cncc(-c2cnc(Nc3ccc(C)c(Cl)c3)nc2N2CCOC(CO)C2)c1. The smallest absolute Gasteiger partial charge is 0.339 e. The predicted molar refractivity (Wildman–Crippen MR) is 130 cm³/mol. The molecule has 10 heteroatoms. The van der Waals surface area contributed by atoms with Crippen LogP contribution >= 0.6 is 11.6 Å². The number of carbonyl (C=O) groups excluding carboxylic acids is 1. The molecule has 1 unspecified atom stereocenters. The number of aryl methyl sites for hydroxylation is 1. The van der Waals surface area contributed by atoms with Gasteiger partial charge in [-0.2, -0.15) is 4.98 Å². The summed E-state index contributed by atoms with van der Waals surface area (Å²) in [7, 11) is 0. The number of hydrogen-bond donors (Lipinski definition) is 2. The molecule has 9 nitrogen and oxygen atoms in total. The van der Waals surface area contributed by atoms with Crippen molar-refractivity contribution in [2.24, 2.45) is 0 Å². The maximum absolute atomic E-state index is 12.2. The van der Waals surface area contributed by atoms with Gasteiger partial charge in [0.1, 0.15) is 5.82 Å². The van der Waals surface area contributed by atoms with Gasteiger partial charge in [-0.3, -0.25) is 4.98 Å². The summed E-state index contributed by atoms with van der Waals surface area (Å²) in [5, 5.41) is 13.5. The Morgan fingerprint density at radius 3 is 2.94 bits per heavy atom. The first-order chi connectivity index (χ1) is 16.5. The molecule has 1 saturated heterocycles. The monoisotopic (exact) mass is 483 g/mol. The van der Waals surface area contributed by atoms with Crippen LogP contribution in [0.5, 0.6) is 0 Å². The lowest BCUT2D eigenvalue weighted by Gasteiger charge is -2.34. The highest BCUT2D eigenvalue weighted by atomic mass is 35.5. The number of benzene rings is 1. The molecule has 1 fully saturated rings. The fourth-order valence-electron chi connectivity index (χ4n) is 3.61. The lowest BCUT2D eigenvalue weighted by atomic mass is 10.1. The highest BCUT2D eigenvalue weighted by Gasteiger charge is 2.25. The molecule has 3 aromatic rings. The van der Waals surface area contributed by atoms with Crippen molar-refractivity contribution in [1.82, 2.24) is 15.0 Å². The molecule has 1 aromatic carbocycles. The molecule has 4 rings (SSSR count). The molecule has 0 spiro atoms. The minimum atomic E-state index is -0.444. The van der Waals surface area contributed by atoms with E-state index >= 15 is 0 Å². The molecule has 1 aliphatic heterocycles. The molecule has 34 heavy (non-hydrogen) atoms. The summed E-state index contributed by atoms with van der Waals surface area (Å²) >= 11 is 6.26. The Morgan fingerprint density at radius 2 is 2.18 bits per heavy atom. The van der Waals surface area contributed by atoms with Crippen LogP contribution in [0.2, 0.25) is 5.02 Å². The molecule has 3 heterocycles. The minimum Gasteiger partial charge on any atom is -0.462 e. The van der Waals surface area contributed by atoms with Crippen molar-refractivity contribution < 1.29 is 19.4 Å². The van der Waals surface area contributed by atoms with Gasteiger partial charge < -0.3 is 24.8 Å². The van der Waals surface area contributed by atoms with Gasteiger partial charge in [0.2, 0.25) is 5.95 Å². The first kappa shape index (κ1) is 23.9. The fourth-order valence-corrected chi connectivity index (χ4v) is 3.79. The van der Waals surface area contributed by atoms with E-state index in [0.717, 1.165) is 11.3 Å². The Morgan fingerprint density at radius 1 is 1.32 bits per heavy atom. The lowest BCUT2D eigenvalue weighted by molar-refractivity contribution is 0.00339. The van der Waals surface area contributed by atoms with Gasteiger partial charge in [0, 0.05) is 53.5 Å². The van der Waals surface area contributed by atoms with Gasteiger partial charge in [0.15, 0.2) is 0 Å². The zero-order valence-corrected chi connectivity index (χ0v) is 19.7. The van der Waals surface area contributed by atoms with Crippen molar-refractivity contribution >= 4 is 35.0 Å². The van der Waals surface area contributed by atoms with Crippen molar-refractivity contribution in [3.8, 4) is 11.1 Å². The standard InChI is InChI=1S/C24H26ClN5O4/c1-3-33-23(32)17-8-16(10-26-11-17)20-12-27-24(28-18-5-4-15(2)21(25)9-18)29-22(20)30-6-7-34-19(13-30)14-31/h4-5,8-12,19,31H,3,6-7,13-14H2,1-2H3,(H,27,28,29). The van der Waals surface area contributed by atoms with Crippen LogP contribution in [0.25, 0.3) is 11.1 Å². The van der Waals surface area contributed by atoms with Crippen molar-refractivity contribution in [1.29, 1.82) is 0 Å². The molecule has 178 valence electrons. The van der Waals surface area contributed by atoms with Gasteiger partial charge in [-0.1, -0.05) is 17.7 Å². The van der Waals surface area contributed by atoms with E-state index in [2.05, 4.69) is 15.3 Å². The number of hydrogen-bond acceptors (Lipinski definition) is 9. The molecule has 1 atom stereocenters. The maximum Gasteiger partial charge on any atom is 0.339 e. The molecule has 2 N–H and O–H groups in total. The van der Waals surface area contributed by atoms with Crippen LogP contribution in [-0.2, 0) is 9.47 Å². The van der Waals surface area contributed by atoms with E-state index in [9.17, 15) is 9.90 Å². The summed E-state index contributed by atoms with van der Waals surface area (Å²) in [5.74, 6) is 0.584. The number of carbonyl (C=O) groups is 1. The Hall–Kier alpha value is -3.27. The highest BCUT2D eigenvalue weighted by Crippen LogP contribution is 2.32. The average Bonchev–Trinajstić information content (AvgIpc) is 2.86. The molecular weight excluding hydrogens is 458 g/mol. The Balaban J connectivity index is 1.73. The predicted octanol–water partition coefficient (Wildman–Crippen LogP) is 3.62. The third-order valence-corrected chi connectivity index (χ3v) is 5.81. The molecule has 0 bridgehead atoms. The average molecular weight is 484 g/mol. The fraction of sp³-hybridized carbons (Fsp3) is 0.333. The third kappa shape index (κ3) is 5.44. The van der Waals surface area contributed by atoms with Crippen LogP contribution in [0, 0.1) is 6.92 Å². The Kier molecular flexibility index (Phi) is 7.56. The number of nitrogens with zero attached hydrogens (tertiary/aromatic N) is 4. The van der Waals surface area contributed by atoms with Gasteiger partial charge in [0.25, 0.3) is 0 Å². The summed E-state index contributed by atoms with van der Waals surface area (Å²) in [6, 6.07) is 7.35. The second-order valence-electron chi connectivity index (χ2n) is 7.82. The second-order valence-corrected chi connectivity index (χ2v) is 8.23. The molecule has 0 radical (unpaired) electrons. The van der Waals surface area contributed by atoms with E-state index in [1.165, 1.54) is 6.20 Å². The normalized spacial score (nSPS) is 15.8. The lowest BCUT2D eigenvalue weighted by Crippen LogP contribution is -2.44. The van der Waals surface area contributed by atoms with Crippen LogP contribution in [0.3, 0.4) is 0 Å². The number of esters is 1. The number of halogens is 1. The molecule has 0 aliphatic carbocycles. The van der Waals surface area contributed by atoms with E-state index in [-0.39, 0.29) is 19.3 Å². The number of aromatic nitrogens is 3.